The lowest BCUT2D eigenvalue weighted by Gasteiger charge is -2.16. The highest BCUT2D eigenvalue weighted by Crippen LogP contribution is 2.24. The molecule has 1 aliphatic heterocycles. The third-order valence-electron chi connectivity index (χ3n) is 3.81. The Kier molecular flexibility index (Phi) is 6.15. The molecule has 9 heteroatoms. The summed E-state index contributed by atoms with van der Waals surface area (Å²) in [7, 11) is 0.971. The van der Waals surface area contributed by atoms with Crippen LogP contribution in [0.2, 0.25) is 0 Å². The number of nitrogens with one attached hydrogen (secondary N) is 1. The number of likely N-dealkylation sites (tertiary alicyclic amines) is 1. The van der Waals surface area contributed by atoms with Crippen molar-refractivity contribution in [1.29, 1.82) is 0 Å². The van der Waals surface area contributed by atoms with Crippen LogP contribution in [0.3, 0.4) is 0 Å². The largest absolute Gasteiger partial charge is 0.383 e. The lowest BCUT2D eigenvalue weighted by atomic mass is 10.2. The molecule has 0 saturated carbocycles. The maximum Gasteiger partial charge on any atom is 0.263 e. The van der Waals surface area contributed by atoms with Crippen molar-refractivity contribution in [3.63, 3.8) is 0 Å². The Morgan fingerprint density at radius 2 is 2.26 bits per heavy atom. The first-order chi connectivity index (χ1) is 10.9. The minimum Gasteiger partial charge on any atom is -0.383 e. The standard InChI is InChI=1S/C14H23N3O4S2/c1-16(2)23(19,20)12-5-9-22-13(12)14(18)15-11-4-6-17(10-11)7-8-21-3/h5,9,11H,4,6-8,10H2,1-3H3,(H,15,18)/t11-/m0/s1. The Labute approximate surface area is 141 Å². The van der Waals surface area contributed by atoms with Gasteiger partial charge >= 0.3 is 0 Å². The van der Waals surface area contributed by atoms with Gasteiger partial charge in [-0.25, -0.2) is 12.7 Å². The molecule has 0 aliphatic carbocycles. The van der Waals surface area contributed by atoms with E-state index < -0.39 is 10.0 Å². The van der Waals surface area contributed by atoms with E-state index in [1.807, 2.05) is 0 Å². The SMILES string of the molecule is COCCN1CC[C@H](NC(=O)c2sccc2S(=O)(=O)N(C)C)C1. The summed E-state index contributed by atoms with van der Waals surface area (Å²) in [5.41, 5.74) is 0. The molecule has 130 valence electrons. The van der Waals surface area contributed by atoms with Gasteiger partial charge in [0.2, 0.25) is 10.0 Å². The van der Waals surface area contributed by atoms with Crippen molar-refractivity contribution in [2.24, 2.45) is 0 Å². The normalized spacial score (nSPS) is 19.4. The van der Waals surface area contributed by atoms with Crippen molar-refractivity contribution in [2.45, 2.75) is 17.4 Å². The minimum absolute atomic E-state index is 0.0383. The first-order valence-corrected chi connectivity index (χ1v) is 9.70. The highest BCUT2D eigenvalue weighted by Gasteiger charge is 2.29. The third-order valence-corrected chi connectivity index (χ3v) is 6.71. The number of thiophene rings is 1. The highest BCUT2D eigenvalue weighted by molar-refractivity contribution is 7.89. The Hall–Kier alpha value is -1.00. The first kappa shape index (κ1) is 18.3. The zero-order valence-electron chi connectivity index (χ0n) is 13.6. The van der Waals surface area contributed by atoms with Crippen molar-refractivity contribution in [1.82, 2.24) is 14.5 Å². The van der Waals surface area contributed by atoms with Crippen molar-refractivity contribution in [3.8, 4) is 0 Å². The van der Waals surface area contributed by atoms with E-state index in [1.54, 1.807) is 12.5 Å². The van der Waals surface area contributed by atoms with Gasteiger partial charge in [0, 0.05) is 46.9 Å². The Balaban J connectivity index is 2.02. The summed E-state index contributed by atoms with van der Waals surface area (Å²) in [5.74, 6) is -0.320. The van der Waals surface area contributed by atoms with E-state index in [4.69, 9.17) is 4.74 Å². The van der Waals surface area contributed by atoms with Gasteiger partial charge in [0.25, 0.3) is 5.91 Å². The second kappa shape index (κ2) is 7.71. The zero-order valence-corrected chi connectivity index (χ0v) is 15.2. The summed E-state index contributed by atoms with van der Waals surface area (Å²) >= 11 is 1.15. The molecular weight excluding hydrogens is 338 g/mol. The van der Waals surface area contributed by atoms with Gasteiger partial charge in [-0.1, -0.05) is 0 Å². The smallest absolute Gasteiger partial charge is 0.263 e. The number of amides is 1. The third kappa shape index (κ3) is 4.30. The van der Waals surface area contributed by atoms with E-state index >= 15 is 0 Å². The van der Waals surface area contributed by atoms with Gasteiger partial charge in [-0.3, -0.25) is 9.69 Å². The molecule has 0 unspecified atom stereocenters. The predicted octanol–water partition coefficient (Wildman–Crippen LogP) is 0.449. The lowest BCUT2D eigenvalue weighted by Crippen LogP contribution is -2.38. The summed E-state index contributed by atoms with van der Waals surface area (Å²) in [5, 5.41) is 4.57. The predicted molar refractivity (Wildman–Crippen MR) is 89.4 cm³/mol. The fourth-order valence-electron chi connectivity index (χ4n) is 2.49. The molecule has 1 N–H and O–H groups in total. The molecule has 1 aliphatic rings. The minimum atomic E-state index is -3.61. The van der Waals surface area contributed by atoms with Crippen LogP contribution in [0, 0.1) is 0 Å². The molecule has 0 spiro atoms. The van der Waals surface area contributed by atoms with E-state index in [0.717, 1.165) is 41.7 Å². The fourth-order valence-corrected chi connectivity index (χ4v) is 4.68. The maximum atomic E-state index is 12.4. The molecule has 1 saturated heterocycles. The maximum absolute atomic E-state index is 12.4. The zero-order chi connectivity index (χ0) is 17.0. The van der Waals surface area contributed by atoms with Crippen LogP contribution in [0.25, 0.3) is 0 Å². The first-order valence-electron chi connectivity index (χ1n) is 7.38. The number of carbonyl (C=O) groups is 1. The van der Waals surface area contributed by atoms with Gasteiger partial charge in [-0.2, -0.15) is 0 Å². The van der Waals surface area contributed by atoms with E-state index in [0.29, 0.717) is 6.61 Å². The van der Waals surface area contributed by atoms with E-state index in [2.05, 4.69) is 10.2 Å². The fraction of sp³-hybridized carbons (Fsp3) is 0.643. The summed E-state index contributed by atoms with van der Waals surface area (Å²) in [6, 6.07) is 1.52. The van der Waals surface area contributed by atoms with Crippen LogP contribution >= 0.6 is 11.3 Å². The Morgan fingerprint density at radius 1 is 1.52 bits per heavy atom. The molecule has 2 rings (SSSR count). The summed E-state index contributed by atoms with van der Waals surface area (Å²) in [6.45, 7) is 3.16. The van der Waals surface area contributed by atoms with Crippen molar-refractivity contribution < 1.29 is 17.9 Å². The molecule has 1 aromatic heterocycles. The summed E-state index contributed by atoms with van der Waals surface area (Å²) < 4.78 is 30.7. The van der Waals surface area contributed by atoms with Crippen LogP contribution in [0.15, 0.2) is 16.3 Å². The highest BCUT2D eigenvalue weighted by atomic mass is 32.2. The van der Waals surface area contributed by atoms with Gasteiger partial charge < -0.3 is 10.1 Å². The van der Waals surface area contributed by atoms with E-state index in [9.17, 15) is 13.2 Å². The molecule has 23 heavy (non-hydrogen) atoms. The van der Waals surface area contributed by atoms with Crippen LogP contribution in [-0.2, 0) is 14.8 Å². The second-order valence-corrected chi connectivity index (χ2v) is 8.69. The van der Waals surface area contributed by atoms with E-state index in [1.165, 1.54) is 20.2 Å². The monoisotopic (exact) mass is 361 g/mol. The van der Waals surface area contributed by atoms with Crippen LogP contribution in [0.5, 0.6) is 0 Å². The number of hydrogen-bond donors (Lipinski definition) is 1. The van der Waals surface area contributed by atoms with Crippen LogP contribution in [-0.4, -0.2) is 77.0 Å². The number of nitrogens with zero attached hydrogens (tertiary/aromatic N) is 2. The van der Waals surface area contributed by atoms with Gasteiger partial charge in [0.15, 0.2) is 0 Å². The number of rotatable bonds is 7. The molecule has 2 heterocycles. The van der Waals surface area contributed by atoms with Crippen molar-refractivity contribution in [3.05, 3.63) is 16.3 Å². The second-order valence-electron chi connectivity index (χ2n) is 5.65. The van der Waals surface area contributed by atoms with E-state index in [-0.39, 0.29) is 21.7 Å². The molecule has 1 aromatic rings. The number of sulfonamides is 1. The molecule has 7 nitrogen and oxygen atoms in total. The van der Waals surface area contributed by atoms with Crippen LogP contribution in [0.1, 0.15) is 16.1 Å². The molecule has 0 bridgehead atoms. The molecule has 0 aromatic carbocycles. The number of ether oxygens (including phenoxy) is 1. The molecule has 0 radical (unpaired) electrons. The van der Waals surface area contributed by atoms with Gasteiger partial charge in [0.05, 0.1) is 6.61 Å². The molecular formula is C14H23N3O4S2. The molecule has 1 fully saturated rings. The molecule has 1 atom stereocenters. The van der Waals surface area contributed by atoms with Crippen LogP contribution < -0.4 is 5.32 Å². The van der Waals surface area contributed by atoms with Crippen molar-refractivity contribution in [2.75, 3.05) is 47.4 Å². The lowest BCUT2D eigenvalue weighted by molar-refractivity contribution is 0.0937. The summed E-state index contributed by atoms with van der Waals surface area (Å²) in [6.07, 6.45) is 0.858. The number of hydrogen-bond acceptors (Lipinski definition) is 6. The average Bonchev–Trinajstić information content (AvgIpc) is 3.14. The Morgan fingerprint density at radius 3 is 2.91 bits per heavy atom. The summed E-state index contributed by atoms with van der Waals surface area (Å²) in [4.78, 5) is 15.0. The van der Waals surface area contributed by atoms with Gasteiger partial charge in [0.1, 0.15) is 9.77 Å². The number of carbonyl (C=O) groups excluding carboxylic acids is 1. The topological polar surface area (TPSA) is 79.0 Å². The Bertz CT molecular complexity index is 642. The van der Waals surface area contributed by atoms with Crippen LogP contribution in [0.4, 0.5) is 0 Å². The van der Waals surface area contributed by atoms with Crippen molar-refractivity contribution >= 4 is 27.3 Å². The quantitative estimate of drug-likeness (QED) is 0.763. The average molecular weight is 361 g/mol. The van der Waals surface area contributed by atoms with Gasteiger partial charge in [-0.15, -0.1) is 11.3 Å². The molecule has 1 amide bonds. The van der Waals surface area contributed by atoms with Gasteiger partial charge in [-0.05, 0) is 17.9 Å². The number of methoxy groups -OCH3 is 1.